The number of phosphoric acid groups is 1. The summed E-state index contributed by atoms with van der Waals surface area (Å²) in [5, 5.41) is 0. The molecule has 4 aromatic rings. The van der Waals surface area contributed by atoms with E-state index in [4.69, 9.17) is 19.2 Å². The van der Waals surface area contributed by atoms with E-state index in [1.165, 1.54) is 232 Å². The standard InChI is InChI=1S/4C14H27N2.FH.H3O4P/c4*1-3-4-5-6-7-8-9-10-11-16-13-12-15(2)14-16;;1-5(2,3)4/h4*12-14H,3-11H2,1-2H3;1H;(H3,1,2,3,4)/q4*+1;;/p-4. The van der Waals surface area contributed by atoms with Gasteiger partial charge in [0.1, 0.15) is 49.6 Å². The molecule has 0 fully saturated rings. The molecule has 0 aliphatic heterocycles. The van der Waals surface area contributed by atoms with Gasteiger partial charge in [-0.2, -0.15) is 7.82 Å². The van der Waals surface area contributed by atoms with Gasteiger partial charge in [-0.05, 0) is 51.4 Å². The van der Waals surface area contributed by atoms with Crippen LogP contribution in [0.1, 0.15) is 233 Å². The Bertz CT molecular complexity index is 1470. The van der Waals surface area contributed by atoms with E-state index in [2.05, 4.69) is 167 Å². The van der Waals surface area contributed by atoms with Crippen molar-refractivity contribution in [3.8, 4) is 0 Å². The van der Waals surface area contributed by atoms with Gasteiger partial charge in [0.25, 0.3) is 0 Å². The van der Waals surface area contributed by atoms with Gasteiger partial charge in [-0.1, -0.05) is 182 Å². The topological polar surface area (TPSA) is 121 Å². The predicted molar refractivity (Wildman–Crippen MR) is 280 cm³/mol. The smallest absolute Gasteiger partial charge is 0.243 e. The summed E-state index contributed by atoms with van der Waals surface area (Å²) >= 11 is 0. The monoisotopic (exact) mass is 1010 g/mol. The molecule has 0 saturated carbocycles. The normalized spacial score (nSPS) is 10.8. The van der Waals surface area contributed by atoms with Crippen LogP contribution in [0.4, 0.5) is 0 Å². The lowest BCUT2D eigenvalue weighted by Crippen LogP contribution is -3.00. The first-order chi connectivity index (χ1) is 33.3. The molecular formula is C56H108FN8O4P. The second-order valence-corrected chi connectivity index (χ2v) is 20.5. The minimum atomic E-state index is -5.39. The SMILES string of the molecule is CCCCCCCCCCn1cc[n+](C)c1.CCCCCCCCCCn1cc[n+](C)c1.CCCCCCCCCCn1cc[n+](C)c1.CCCCCCCCCCn1cc[n+](C)c1.O=P([O-])([O-])[O-].[F-]. The van der Waals surface area contributed by atoms with Crippen molar-refractivity contribution in [2.45, 2.75) is 259 Å². The van der Waals surface area contributed by atoms with E-state index >= 15 is 0 Å². The molecule has 0 bridgehead atoms. The van der Waals surface area contributed by atoms with Crippen molar-refractivity contribution in [3.63, 3.8) is 0 Å². The third-order valence-electron chi connectivity index (χ3n) is 12.4. The molecule has 0 atom stereocenters. The van der Waals surface area contributed by atoms with Crippen LogP contribution in [-0.4, -0.2) is 18.3 Å². The zero-order valence-electron chi connectivity index (χ0n) is 46.4. The number of aryl methyl sites for hydroxylation is 8. The molecule has 408 valence electrons. The highest BCUT2D eigenvalue weighted by Gasteiger charge is 2.03. The van der Waals surface area contributed by atoms with E-state index in [-0.39, 0.29) is 4.70 Å². The molecule has 12 nitrogen and oxygen atoms in total. The third-order valence-corrected chi connectivity index (χ3v) is 12.4. The van der Waals surface area contributed by atoms with Crippen molar-refractivity contribution in [3.05, 3.63) is 74.9 Å². The van der Waals surface area contributed by atoms with Gasteiger partial charge in [-0.25, -0.2) is 36.5 Å². The van der Waals surface area contributed by atoms with E-state index < -0.39 is 7.82 Å². The zero-order chi connectivity index (χ0) is 51.1. The maximum Gasteiger partial charge on any atom is 0.243 e. The molecule has 4 rings (SSSR count). The van der Waals surface area contributed by atoms with Gasteiger partial charge < -0.3 is 23.9 Å². The summed E-state index contributed by atoms with van der Waals surface area (Å²) in [5.74, 6) is 0. The molecule has 0 N–H and O–H groups in total. The Balaban J connectivity index is 0. The lowest BCUT2D eigenvalue weighted by molar-refractivity contribution is -0.671. The lowest BCUT2D eigenvalue weighted by atomic mass is 10.1. The van der Waals surface area contributed by atoms with Crippen LogP contribution in [-0.2, 0) is 58.9 Å². The summed E-state index contributed by atoms with van der Waals surface area (Å²) in [5.41, 5.74) is 0. The highest BCUT2D eigenvalue weighted by molar-refractivity contribution is 7.40. The van der Waals surface area contributed by atoms with Gasteiger partial charge in [0.05, 0.1) is 54.4 Å². The molecule has 0 aliphatic rings. The van der Waals surface area contributed by atoms with Crippen LogP contribution in [0.15, 0.2) is 74.9 Å². The van der Waals surface area contributed by atoms with Crippen LogP contribution < -0.4 is 37.7 Å². The molecule has 0 saturated heterocycles. The molecule has 0 aromatic carbocycles. The van der Waals surface area contributed by atoms with Gasteiger partial charge in [0, 0.05) is 0 Å². The van der Waals surface area contributed by atoms with Gasteiger partial charge in [-0.15, -0.1) is 0 Å². The van der Waals surface area contributed by atoms with E-state index in [9.17, 15) is 0 Å². The minimum absolute atomic E-state index is 0. The molecule has 70 heavy (non-hydrogen) atoms. The van der Waals surface area contributed by atoms with Gasteiger partial charge in [0.2, 0.25) is 25.3 Å². The van der Waals surface area contributed by atoms with E-state index in [1.54, 1.807) is 0 Å². The molecular weight excluding hydrogens is 899 g/mol. The Kier molecular flexibility index (Phi) is 48.7. The van der Waals surface area contributed by atoms with Crippen molar-refractivity contribution in [1.82, 2.24) is 18.3 Å². The summed E-state index contributed by atoms with van der Waals surface area (Å²) < 4.78 is 26.1. The minimum Gasteiger partial charge on any atom is -1.00 e. The Morgan fingerprint density at radius 2 is 0.457 bits per heavy atom. The lowest BCUT2D eigenvalue weighted by Gasteiger charge is -2.36. The summed E-state index contributed by atoms with van der Waals surface area (Å²) in [4.78, 5) is 25.6. The molecule has 4 aromatic heterocycles. The number of unbranched alkanes of at least 4 members (excludes halogenated alkanes) is 28. The second-order valence-electron chi connectivity index (χ2n) is 19.6. The van der Waals surface area contributed by atoms with Crippen molar-refractivity contribution in [2.75, 3.05) is 0 Å². The molecule has 0 spiro atoms. The van der Waals surface area contributed by atoms with Crippen LogP contribution in [0.5, 0.6) is 0 Å². The van der Waals surface area contributed by atoms with Crippen molar-refractivity contribution >= 4 is 7.82 Å². The second kappa shape index (κ2) is 49.5. The largest absolute Gasteiger partial charge is 1.00 e. The van der Waals surface area contributed by atoms with Crippen molar-refractivity contribution in [1.29, 1.82) is 0 Å². The summed E-state index contributed by atoms with van der Waals surface area (Å²) in [7, 11) is 2.91. The van der Waals surface area contributed by atoms with Gasteiger partial charge >= 0.3 is 0 Å². The number of rotatable bonds is 36. The van der Waals surface area contributed by atoms with E-state index in [0.717, 1.165) is 0 Å². The van der Waals surface area contributed by atoms with Crippen LogP contribution in [0.3, 0.4) is 0 Å². The van der Waals surface area contributed by atoms with Gasteiger partial charge in [-0.3, -0.25) is 0 Å². The Labute approximate surface area is 429 Å². The number of halogens is 1. The summed E-state index contributed by atoms with van der Waals surface area (Å²) in [6.45, 7) is 13.8. The predicted octanol–water partition coefficient (Wildman–Crippen LogP) is 7.99. The highest BCUT2D eigenvalue weighted by atomic mass is 31.2. The third kappa shape index (κ3) is 49.8. The van der Waals surface area contributed by atoms with Crippen LogP contribution in [0.25, 0.3) is 0 Å². The number of imidazole rings is 4. The number of hydrogen-bond donors (Lipinski definition) is 0. The number of aromatic nitrogens is 8. The quantitative estimate of drug-likeness (QED) is 0.0261. The fourth-order valence-corrected chi connectivity index (χ4v) is 8.25. The maximum atomic E-state index is 8.55. The van der Waals surface area contributed by atoms with Gasteiger partial charge in [0.15, 0.2) is 0 Å². The van der Waals surface area contributed by atoms with Crippen LogP contribution >= 0.6 is 7.82 Å². The first-order valence-corrected chi connectivity index (χ1v) is 29.5. The highest BCUT2D eigenvalue weighted by Crippen LogP contribution is 2.12. The Hall–Kier alpha value is -3.12. The molecule has 0 radical (unpaired) electrons. The molecule has 0 unspecified atom stereocenters. The fourth-order valence-electron chi connectivity index (χ4n) is 8.25. The Morgan fingerprint density at radius 1 is 0.314 bits per heavy atom. The average Bonchev–Trinajstić information content (AvgIpc) is 4.14. The first-order valence-electron chi connectivity index (χ1n) is 28.1. The number of nitrogens with zero attached hydrogens (tertiary/aromatic N) is 8. The fraction of sp³-hybridized carbons (Fsp3) is 0.786. The molecule has 14 heteroatoms. The van der Waals surface area contributed by atoms with Crippen molar-refractivity contribution in [2.24, 2.45) is 28.2 Å². The summed E-state index contributed by atoms with van der Waals surface area (Å²) in [6.07, 6.45) is 70.4. The van der Waals surface area contributed by atoms with Crippen LogP contribution in [0, 0.1) is 0 Å². The zero-order valence-corrected chi connectivity index (χ0v) is 47.3. The maximum absolute atomic E-state index is 8.55. The molecule has 0 amide bonds. The van der Waals surface area contributed by atoms with E-state index in [1.807, 2.05) is 0 Å². The Morgan fingerprint density at radius 3 is 0.586 bits per heavy atom. The molecule has 0 aliphatic carbocycles. The molecule has 4 heterocycles. The first kappa shape index (κ1) is 69.0. The summed E-state index contributed by atoms with van der Waals surface area (Å²) in [6, 6.07) is 0. The van der Waals surface area contributed by atoms with Crippen molar-refractivity contribution < 1.29 is 42.2 Å². The average molecular weight is 1010 g/mol. The number of hydrogen-bond acceptors (Lipinski definition) is 4. The van der Waals surface area contributed by atoms with E-state index in [0.29, 0.717) is 0 Å². The van der Waals surface area contributed by atoms with Crippen LogP contribution in [0.2, 0.25) is 0 Å².